The van der Waals surface area contributed by atoms with Gasteiger partial charge in [0, 0.05) is 17.8 Å². The number of thiazole rings is 1. The lowest BCUT2D eigenvalue weighted by Crippen LogP contribution is -2.33. The van der Waals surface area contributed by atoms with Crippen LogP contribution in [-0.2, 0) is 6.42 Å². The molecule has 1 aromatic heterocycles. The minimum Gasteiger partial charge on any atom is -0.316 e. The molecule has 0 fully saturated rings. The highest BCUT2D eigenvalue weighted by Gasteiger charge is 2.31. The van der Waals surface area contributed by atoms with Crippen LogP contribution in [0.5, 0.6) is 0 Å². The van der Waals surface area contributed by atoms with Gasteiger partial charge in [-0.05, 0) is 14.0 Å². The van der Waals surface area contributed by atoms with Crippen LogP contribution in [0.1, 0.15) is 17.1 Å². The number of rotatable bonds is 4. The maximum absolute atomic E-state index is 12.1. The molecular formula is C9H13F3N2S. The average molecular weight is 238 g/mol. The van der Waals surface area contributed by atoms with E-state index in [1.54, 1.807) is 5.38 Å². The maximum atomic E-state index is 12.1. The normalized spacial score (nSPS) is 14.2. The minimum atomic E-state index is -4.13. The number of nitrogens with one attached hydrogen (secondary N) is 1. The molecule has 0 spiro atoms. The Hall–Kier alpha value is -0.620. The highest BCUT2D eigenvalue weighted by atomic mass is 32.1. The van der Waals surface area contributed by atoms with Crippen molar-refractivity contribution in [2.45, 2.75) is 32.0 Å². The molecule has 0 saturated carbocycles. The molecular weight excluding hydrogens is 225 g/mol. The Morgan fingerprint density at radius 1 is 1.53 bits per heavy atom. The van der Waals surface area contributed by atoms with Crippen LogP contribution < -0.4 is 5.32 Å². The van der Waals surface area contributed by atoms with Crippen LogP contribution in [0.3, 0.4) is 0 Å². The highest BCUT2D eigenvalue weighted by molar-refractivity contribution is 7.09. The van der Waals surface area contributed by atoms with Crippen molar-refractivity contribution in [1.29, 1.82) is 0 Å². The first-order chi connectivity index (χ1) is 6.90. The third kappa shape index (κ3) is 4.61. The lowest BCUT2D eigenvalue weighted by molar-refractivity contribution is -0.139. The summed E-state index contributed by atoms with van der Waals surface area (Å²) in [5.41, 5.74) is 0.723. The first kappa shape index (κ1) is 12.4. The van der Waals surface area contributed by atoms with Gasteiger partial charge in [0.1, 0.15) is 0 Å². The van der Waals surface area contributed by atoms with Gasteiger partial charge in [0.15, 0.2) is 0 Å². The van der Waals surface area contributed by atoms with Crippen molar-refractivity contribution in [2.24, 2.45) is 0 Å². The molecule has 15 heavy (non-hydrogen) atoms. The van der Waals surface area contributed by atoms with Crippen LogP contribution in [-0.4, -0.2) is 24.2 Å². The molecule has 0 amide bonds. The number of hydrogen-bond donors (Lipinski definition) is 1. The van der Waals surface area contributed by atoms with Gasteiger partial charge in [0.25, 0.3) is 0 Å². The lowest BCUT2D eigenvalue weighted by Gasteiger charge is -2.16. The summed E-state index contributed by atoms with van der Waals surface area (Å²) in [6.45, 7) is 1.84. The second kappa shape index (κ2) is 4.94. The van der Waals surface area contributed by atoms with E-state index in [4.69, 9.17) is 0 Å². The number of aromatic nitrogens is 1. The van der Waals surface area contributed by atoms with E-state index in [0.29, 0.717) is 6.42 Å². The molecule has 0 aromatic carbocycles. The quantitative estimate of drug-likeness (QED) is 0.872. The fourth-order valence-electron chi connectivity index (χ4n) is 1.31. The molecule has 0 saturated heterocycles. The molecule has 1 unspecified atom stereocenters. The van der Waals surface area contributed by atoms with E-state index in [9.17, 15) is 13.2 Å². The maximum Gasteiger partial charge on any atom is 0.390 e. The van der Waals surface area contributed by atoms with Crippen LogP contribution >= 0.6 is 11.3 Å². The first-order valence-corrected chi connectivity index (χ1v) is 5.43. The largest absolute Gasteiger partial charge is 0.390 e. The number of aryl methyl sites for hydroxylation is 1. The highest BCUT2D eigenvalue weighted by Crippen LogP contribution is 2.23. The van der Waals surface area contributed by atoms with Crippen LogP contribution in [0.25, 0.3) is 0 Å². The van der Waals surface area contributed by atoms with E-state index in [2.05, 4.69) is 10.3 Å². The predicted molar refractivity (Wildman–Crippen MR) is 54.1 cm³/mol. The Morgan fingerprint density at radius 2 is 2.20 bits per heavy atom. The van der Waals surface area contributed by atoms with E-state index >= 15 is 0 Å². The fourth-order valence-corrected chi connectivity index (χ4v) is 1.94. The second-order valence-corrected chi connectivity index (χ2v) is 4.43. The number of hydrogen-bond acceptors (Lipinski definition) is 3. The van der Waals surface area contributed by atoms with Crippen LogP contribution in [0, 0.1) is 6.92 Å². The first-order valence-electron chi connectivity index (χ1n) is 4.55. The molecule has 1 aromatic rings. The average Bonchev–Trinajstić information content (AvgIpc) is 2.47. The summed E-state index contributed by atoms with van der Waals surface area (Å²) in [5.74, 6) is 0. The summed E-state index contributed by atoms with van der Waals surface area (Å²) in [6.07, 6.45) is -4.63. The van der Waals surface area contributed by atoms with Gasteiger partial charge in [-0.25, -0.2) is 4.98 Å². The Bertz CT molecular complexity index is 309. The molecule has 0 aliphatic heterocycles. The minimum absolute atomic E-state index is 0.320. The van der Waals surface area contributed by atoms with Gasteiger partial charge >= 0.3 is 6.18 Å². The van der Waals surface area contributed by atoms with Crippen molar-refractivity contribution in [3.63, 3.8) is 0 Å². The van der Waals surface area contributed by atoms with Gasteiger partial charge in [0.05, 0.1) is 17.1 Å². The summed E-state index contributed by atoms with van der Waals surface area (Å²) in [6, 6.07) is -0.591. The summed E-state index contributed by atoms with van der Waals surface area (Å²) >= 11 is 1.45. The zero-order valence-electron chi connectivity index (χ0n) is 8.56. The number of likely N-dealkylation sites (N-methyl/N-ethyl adjacent to an activating group) is 1. The molecule has 86 valence electrons. The summed E-state index contributed by atoms with van der Waals surface area (Å²) in [7, 11) is 1.54. The monoisotopic (exact) mass is 238 g/mol. The third-order valence-electron chi connectivity index (χ3n) is 2.01. The van der Waals surface area contributed by atoms with Crippen LogP contribution in [0.15, 0.2) is 5.38 Å². The van der Waals surface area contributed by atoms with Crippen molar-refractivity contribution in [3.05, 3.63) is 16.1 Å². The Balaban J connectivity index is 2.54. The predicted octanol–water partition coefficient (Wildman–Crippen LogP) is 2.53. The third-order valence-corrected chi connectivity index (χ3v) is 2.83. The summed E-state index contributed by atoms with van der Waals surface area (Å²) in [4.78, 5) is 4.14. The van der Waals surface area contributed by atoms with E-state index in [1.807, 2.05) is 6.92 Å². The molecule has 0 bridgehead atoms. The van der Waals surface area contributed by atoms with E-state index < -0.39 is 18.6 Å². The Kier molecular flexibility index (Phi) is 4.10. The molecule has 0 aliphatic rings. The van der Waals surface area contributed by atoms with Gasteiger partial charge in [-0.3, -0.25) is 0 Å². The van der Waals surface area contributed by atoms with E-state index in [1.165, 1.54) is 18.4 Å². The van der Waals surface area contributed by atoms with Gasteiger partial charge in [-0.15, -0.1) is 11.3 Å². The molecule has 6 heteroatoms. The molecule has 0 radical (unpaired) electrons. The molecule has 1 heterocycles. The molecule has 0 aliphatic carbocycles. The summed E-state index contributed by atoms with van der Waals surface area (Å²) < 4.78 is 36.4. The fraction of sp³-hybridized carbons (Fsp3) is 0.667. The number of nitrogens with zero attached hydrogens (tertiary/aromatic N) is 1. The standard InChI is InChI=1S/C9H13F3N2S/c1-6-14-8(5-15-6)3-7(13-2)4-9(10,11)12/h5,7,13H,3-4H2,1-2H3. The Labute approximate surface area is 90.5 Å². The van der Waals surface area contributed by atoms with E-state index in [-0.39, 0.29) is 0 Å². The second-order valence-electron chi connectivity index (χ2n) is 3.37. The van der Waals surface area contributed by atoms with Gasteiger partial charge < -0.3 is 5.32 Å². The molecule has 1 rings (SSSR count). The molecule has 1 atom stereocenters. The van der Waals surface area contributed by atoms with Crippen LogP contribution in [0.4, 0.5) is 13.2 Å². The van der Waals surface area contributed by atoms with Crippen molar-refractivity contribution in [2.75, 3.05) is 7.05 Å². The number of alkyl halides is 3. The smallest absolute Gasteiger partial charge is 0.316 e. The van der Waals surface area contributed by atoms with E-state index in [0.717, 1.165) is 10.7 Å². The van der Waals surface area contributed by atoms with Gasteiger partial charge in [-0.2, -0.15) is 13.2 Å². The van der Waals surface area contributed by atoms with Crippen LogP contribution in [0.2, 0.25) is 0 Å². The molecule has 2 nitrogen and oxygen atoms in total. The van der Waals surface area contributed by atoms with Crippen molar-refractivity contribution < 1.29 is 13.2 Å². The van der Waals surface area contributed by atoms with Crippen molar-refractivity contribution in [1.82, 2.24) is 10.3 Å². The van der Waals surface area contributed by atoms with Gasteiger partial charge in [-0.1, -0.05) is 0 Å². The SMILES string of the molecule is CNC(Cc1csc(C)n1)CC(F)(F)F. The summed E-state index contributed by atoms with van der Waals surface area (Å²) in [5, 5.41) is 5.34. The van der Waals surface area contributed by atoms with Gasteiger partial charge in [0.2, 0.25) is 0 Å². The topological polar surface area (TPSA) is 24.9 Å². The Morgan fingerprint density at radius 3 is 2.60 bits per heavy atom. The zero-order valence-corrected chi connectivity index (χ0v) is 9.37. The van der Waals surface area contributed by atoms with Crippen molar-refractivity contribution >= 4 is 11.3 Å². The lowest BCUT2D eigenvalue weighted by atomic mass is 10.1. The van der Waals surface area contributed by atoms with Crippen molar-refractivity contribution in [3.8, 4) is 0 Å². The molecule has 1 N–H and O–H groups in total. The zero-order chi connectivity index (χ0) is 11.5. The number of halogens is 3.